The van der Waals surface area contributed by atoms with E-state index in [-0.39, 0.29) is 25.3 Å². The number of rotatable bonds is 12. The van der Waals surface area contributed by atoms with Gasteiger partial charge in [-0.25, -0.2) is 9.97 Å². The van der Waals surface area contributed by atoms with Crippen LogP contribution in [-0.4, -0.2) is 55.7 Å². The molecule has 9 aromatic rings. The lowest BCUT2D eigenvalue weighted by Crippen LogP contribution is -2.00. The lowest BCUT2D eigenvalue weighted by atomic mass is 10.0. The first-order chi connectivity index (χ1) is 32.5. The van der Waals surface area contributed by atoms with Gasteiger partial charge in [0.1, 0.15) is 11.5 Å². The molecule has 8 bridgehead atoms. The molecular formula is C56H46N4O4. The molecule has 0 unspecified atom stereocenters. The maximum atomic E-state index is 9.63. The fourth-order valence-electron chi connectivity index (χ4n) is 9.10. The Morgan fingerprint density at radius 1 is 0.406 bits per heavy atom. The molecule has 2 aliphatic rings. The third kappa shape index (κ3) is 7.07. The van der Waals surface area contributed by atoms with E-state index in [1.54, 1.807) is 0 Å². The van der Waals surface area contributed by atoms with Crippen LogP contribution in [0.4, 0.5) is 0 Å². The highest BCUT2D eigenvalue weighted by molar-refractivity contribution is 6.12. The van der Waals surface area contributed by atoms with Crippen molar-refractivity contribution in [2.45, 2.75) is 25.7 Å². The Hall–Kier alpha value is -7.52. The van der Waals surface area contributed by atoms with Crippen LogP contribution in [-0.2, 0) is 0 Å². The van der Waals surface area contributed by atoms with Crippen molar-refractivity contribution in [1.82, 2.24) is 19.1 Å². The van der Waals surface area contributed by atoms with Crippen molar-refractivity contribution in [3.8, 4) is 67.9 Å². The van der Waals surface area contributed by atoms with Gasteiger partial charge in [0.25, 0.3) is 0 Å². The van der Waals surface area contributed by atoms with E-state index < -0.39 is 0 Å². The molecule has 2 N–H and O–H groups in total. The summed E-state index contributed by atoms with van der Waals surface area (Å²) in [4.78, 5) is 10.9. The largest absolute Gasteiger partial charge is 0.494 e. The van der Waals surface area contributed by atoms with Crippen molar-refractivity contribution in [3.63, 3.8) is 0 Å². The minimum absolute atomic E-state index is 0.0892. The van der Waals surface area contributed by atoms with E-state index in [2.05, 4.69) is 81.9 Å². The molecule has 64 heavy (non-hydrogen) atoms. The third-order valence-corrected chi connectivity index (χ3v) is 12.1. The molecule has 0 aliphatic carbocycles. The monoisotopic (exact) mass is 840 g/mol. The number of nitrogens with zero attached hydrogens (tertiary/aromatic N) is 4. The second-order valence-corrected chi connectivity index (χ2v) is 16.1. The average Bonchev–Trinajstić information content (AvgIpc) is 4.06. The number of hydrogen-bond donors (Lipinski definition) is 2. The predicted octanol–water partition coefficient (Wildman–Crippen LogP) is 12.5. The number of aliphatic hydroxyl groups excluding tert-OH is 2. The molecule has 11 rings (SSSR count). The van der Waals surface area contributed by atoms with Crippen molar-refractivity contribution < 1.29 is 22.4 Å². The lowest BCUT2D eigenvalue weighted by Gasteiger charge is -2.11. The highest BCUT2D eigenvalue weighted by Crippen LogP contribution is 2.43. The topological polar surface area (TPSA) is 94.6 Å². The van der Waals surface area contributed by atoms with Gasteiger partial charge in [-0.15, -0.1) is 0 Å². The van der Waals surface area contributed by atoms with Crippen LogP contribution >= 0.6 is 0 Å². The van der Waals surface area contributed by atoms with Gasteiger partial charge in [0.05, 0.1) is 60.8 Å². The minimum atomic E-state index is 0.0892. The van der Waals surface area contributed by atoms with Gasteiger partial charge >= 0.3 is 0 Å². The van der Waals surface area contributed by atoms with Gasteiger partial charge in [-0.05, 0) is 74.2 Å². The molecule has 3 aromatic heterocycles. The van der Waals surface area contributed by atoms with Crippen LogP contribution in [0.1, 0.15) is 28.4 Å². The van der Waals surface area contributed by atoms with Gasteiger partial charge in [-0.3, -0.25) is 0 Å². The number of aliphatic hydroxyl groups is 2. The summed E-state index contributed by atoms with van der Waals surface area (Å²) in [7, 11) is 0. The Balaban J connectivity index is 1.30. The van der Waals surface area contributed by atoms with E-state index in [1.807, 2.05) is 84.9 Å². The molecule has 0 saturated heterocycles. The summed E-state index contributed by atoms with van der Waals surface area (Å²) in [6.45, 7) is 0.956. The number of hydrogen-bond acceptors (Lipinski definition) is 6. The van der Waals surface area contributed by atoms with Gasteiger partial charge in [-0.1, -0.05) is 109 Å². The molecule has 0 spiro atoms. The van der Waals surface area contributed by atoms with Gasteiger partial charge in [0, 0.05) is 80.5 Å². The van der Waals surface area contributed by atoms with Gasteiger partial charge < -0.3 is 28.8 Å². The van der Waals surface area contributed by atoms with E-state index in [1.165, 1.54) is 0 Å². The number of fused-ring (bicyclic) bond motifs is 20. The Kier molecular flexibility index (Phi) is 9.84. The highest BCUT2D eigenvalue weighted by Gasteiger charge is 2.23. The summed E-state index contributed by atoms with van der Waals surface area (Å²) >= 11 is 0. The summed E-state index contributed by atoms with van der Waals surface area (Å²) in [5.74, 6) is 0.932. The number of unbranched alkanes of at least 4 members (excludes halogenated alkanes) is 2. The molecule has 8 nitrogen and oxygen atoms in total. The number of ether oxygens (including phenoxy) is 2. The average molecular weight is 841 g/mol. The minimum Gasteiger partial charge on any atom is -0.494 e. The van der Waals surface area contributed by atoms with Crippen molar-refractivity contribution >= 4 is 43.6 Å². The molecule has 0 fully saturated rings. The van der Waals surface area contributed by atoms with E-state index in [0.717, 1.165) is 88.6 Å². The Morgan fingerprint density at radius 3 is 1.06 bits per heavy atom. The predicted molar refractivity (Wildman–Crippen MR) is 258 cm³/mol. The van der Waals surface area contributed by atoms with Crippen LogP contribution in [0.5, 0.6) is 11.5 Å². The Morgan fingerprint density at radius 2 is 0.734 bits per heavy atom. The van der Waals surface area contributed by atoms with Crippen LogP contribution in [0.15, 0.2) is 170 Å². The van der Waals surface area contributed by atoms with E-state index in [9.17, 15) is 13.0 Å². The Labute approximate surface area is 373 Å². The van der Waals surface area contributed by atoms with Crippen molar-refractivity contribution in [3.05, 3.63) is 170 Å². The molecule has 2 aliphatic heterocycles. The SMILES string of the molecule is [2H]c1c(OCCCCO)cccc1-n1c2cc3nc(cc4c5ccccc5c(cc5nc(cc1c1ccccc12)-c1ccccc1-5)n4-c1cccc(OCCCCO)c1[2H])-c1ccccc1-3. The third-order valence-electron chi connectivity index (χ3n) is 12.1. The highest BCUT2D eigenvalue weighted by atomic mass is 16.5. The van der Waals surface area contributed by atoms with Crippen molar-refractivity contribution in [2.75, 3.05) is 26.4 Å². The van der Waals surface area contributed by atoms with Crippen LogP contribution in [0.2, 0.25) is 0 Å². The molecule has 314 valence electrons. The fraction of sp³-hybridized carbons (Fsp3) is 0.143. The van der Waals surface area contributed by atoms with Gasteiger partial charge in [0.2, 0.25) is 0 Å². The van der Waals surface area contributed by atoms with E-state index >= 15 is 0 Å². The zero-order valence-corrected chi connectivity index (χ0v) is 35.2. The van der Waals surface area contributed by atoms with E-state index in [0.29, 0.717) is 61.8 Å². The summed E-state index contributed by atoms with van der Waals surface area (Å²) in [5.41, 5.74) is 11.7. The quantitative estimate of drug-likeness (QED) is 0.119. The van der Waals surface area contributed by atoms with Crippen LogP contribution in [0.25, 0.3) is 100 Å². The summed E-state index contributed by atoms with van der Waals surface area (Å²) < 4.78 is 36.0. The Bertz CT molecular complexity index is 3130. The molecule has 0 amide bonds. The van der Waals surface area contributed by atoms with Crippen LogP contribution < -0.4 is 9.47 Å². The van der Waals surface area contributed by atoms with Crippen molar-refractivity contribution in [2.24, 2.45) is 0 Å². The molecule has 0 saturated carbocycles. The summed E-state index contributed by atoms with van der Waals surface area (Å²) in [6.07, 6.45) is 2.59. The molecule has 6 aromatic carbocycles. The zero-order valence-electron chi connectivity index (χ0n) is 37.2. The molecular weight excluding hydrogens is 793 g/mol. The molecule has 0 atom stereocenters. The molecule has 8 heteroatoms. The normalized spacial score (nSPS) is 12.2. The van der Waals surface area contributed by atoms with Crippen LogP contribution in [0, 0.1) is 0 Å². The maximum absolute atomic E-state index is 9.63. The zero-order chi connectivity index (χ0) is 44.7. The number of aromatic nitrogens is 4. The maximum Gasteiger partial charge on any atom is 0.121 e. The first-order valence-electron chi connectivity index (χ1n) is 23.0. The first-order valence-corrected chi connectivity index (χ1v) is 22.0. The molecule has 5 heterocycles. The standard InChI is InChI=1S/C56H46N4O4/c61-27-9-11-29-63-39-17-13-15-37(31-39)59-53-33-49-41-19-1-2-20-42(41)50(57-49)34-54-47-25-7-8-26-48(47)56(60(54)38-16-14-18-40(32-38)64-30-12-10-28-62)36-52-44-22-4-3-21-43(44)51(58-52)35-55(59)46-24-6-5-23-45(46)53/h1-8,13-26,31-36,61-62H,9-12,27-30H2/i31D,32D. The summed E-state index contributed by atoms with van der Waals surface area (Å²) in [6, 6.07) is 53.8. The van der Waals surface area contributed by atoms with E-state index in [4.69, 9.17) is 19.4 Å². The lowest BCUT2D eigenvalue weighted by molar-refractivity contribution is 0.253. The fourth-order valence-corrected chi connectivity index (χ4v) is 9.10. The molecule has 0 radical (unpaired) electrons. The first kappa shape index (κ1) is 37.1. The summed E-state index contributed by atoms with van der Waals surface area (Å²) in [5, 5.41) is 22.8. The van der Waals surface area contributed by atoms with Gasteiger partial charge in [-0.2, -0.15) is 0 Å². The smallest absolute Gasteiger partial charge is 0.121 e. The second-order valence-electron chi connectivity index (χ2n) is 16.1. The van der Waals surface area contributed by atoms with Gasteiger partial charge in [0.15, 0.2) is 0 Å². The van der Waals surface area contributed by atoms with Crippen LogP contribution in [0.3, 0.4) is 0 Å². The second kappa shape index (κ2) is 17.0. The number of benzene rings is 6. The van der Waals surface area contributed by atoms with Crippen molar-refractivity contribution in [1.29, 1.82) is 0 Å².